The minimum absolute atomic E-state index is 0.339. The van der Waals surface area contributed by atoms with E-state index in [4.69, 9.17) is 0 Å². The number of aromatic nitrogens is 5. The summed E-state index contributed by atoms with van der Waals surface area (Å²) >= 11 is 0. The SMILES string of the molecule is CC(=O)Nn1ccc2nc3nc(C)nn3c(-c3ccccc3)c2c1=O. The Morgan fingerprint density at radius 2 is 1.88 bits per heavy atom. The zero-order valence-corrected chi connectivity index (χ0v) is 13.6. The minimum Gasteiger partial charge on any atom is -0.274 e. The third kappa shape index (κ3) is 2.44. The molecule has 8 nitrogen and oxygen atoms in total. The minimum atomic E-state index is -0.380. The van der Waals surface area contributed by atoms with Gasteiger partial charge in [0, 0.05) is 18.7 Å². The third-order valence-corrected chi connectivity index (χ3v) is 3.76. The number of amides is 1. The number of fused-ring (bicyclic) bond motifs is 2. The maximum Gasteiger partial charge on any atom is 0.280 e. The van der Waals surface area contributed by atoms with Crippen molar-refractivity contribution in [3.63, 3.8) is 0 Å². The second-order valence-corrected chi connectivity index (χ2v) is 5.62. The first-order chi connectivity index (χ1) is 12.0. The predicted octanol–water partition coefficient (Wildman–Crippen LogP) is 1.50. The number of hydrogen-bond donors (Lipinski definition) is 1. The van der Waals surface area contributed by atoms with Crippen molar-refractivity contribution >= 4 is 22.6 Å². The second kappa shape index (κ2) is 5.52. The monoisotopic (exact) mass is 334 g/mol. The average molecular weight is 334 g/mol. The molecular formula is C17H14N6O2. The summed E-state index contributed by atoms with van der Waals surface area (Å²) in [5.41, 5.74) is 4.00. The van der Waals surface area contributed by atoms with Crippen molar-refractivity contribution in [1.29, 1.82) is 0 Å². The van der Waals surface area contributed by atoms with E-state index in [2.05, 4.69) is 20.5 Å². The molecule has 1 amide bonds. The topological polar surface area (TPSA) is 94.2 Å². The molecule has 8 heteroatoms. The lowest BCUT2D eigenvalue weighted by Gasteiger charge is -2.11. The molecular weight excluding hydrogens is 320 g/mol. The highest BCUT2D eigenvalue weighted by Crippen LogP contribution is 2.25. The van der Waals surface area contributed by atoms with E-state index in [0.717, 1.165) is 10.2 Å². The van der Waals surface area contributed by atoms with Crippen molar-refractivity contribution < 1.29 is 4.79 Å². The van der Waals surface area contributed by atoms with Crippen molar-refractivity contribution in [3.05, 3.63) is 58.8 Å². The molecule has 0 spiro atoms. The summed E-state index contributed by atoms with van der Waals surface area (Å²) in [6, 6.07) is 11.1. The molecule has 0 fully saturated rings. The maximum absolute atomic E-state index is 13.0. The van der Waals surface area contributed by atoms with Crippen LogP contribution in [0.5, 0.6) is 0 Å². The molecule has 4 aromatic rings. The third-order valence-electron chi connectivity index (χ3n) is 3.76. The normalized spacial score (nSPS) is 11.1. The zero-order chi connectivity index (χ0) is 17.6. The number of nitrogens with zero attached hydrogens (tertiary/aromatic N) is 5. The highest BCUT2D eigenvalue weighted by Gasteiger charge is 2.18. The molecule has 1 aromatic carbocycles. The largest absolute Gasteiger partial charge is 0.280 e. The number of benzene rings is 1. The fourth-order valence-electron chi connectivity index (χ4n) is 2.80. The van der Waals surface area contributed by atoms with Crippen LogP contribution in [0.25, 0.3) is 27.9 Å². The molecule has 1 N–H and O–H groups in total. The molecule has 3 aromatic heterocycles. The van der Waals surface area contributed by atoms with E-state index in [-0.39, 0.29) is 11.5 Å². The first kappa shape index (κ1) is 15.0. The van der Waals surface area contributed by atoms with Gasteiger partial charge < -0.3 is 0 Å². The van der Waals surface area contributed by atoms with Crippen molar-refractivity contribution in [2.45, 2.75) is 13.8 Å². The van der Waals surface area contributed by atoms with Crippen molar-refractivity contribution in [2.24, 2.45) is 0 Å². The molecule has 0 bridgehead atoms. The van der Waals surface area contributed by atoms with E-state index in [1.165, 1.54) is 13.1 Å². The van der Waals surface area contributed by atoms with Crippen LogP contribution in [0.15, 0.2) is 47.4 Å². The number of carbonyl (C=O) groups is 1. The van der Waals surface area contributed by atoms with Crippen molar-refractivity contribution in [2.75, 3.05) is 5.43 Å². The van der Waals surface area contributed by atoms with Crippen LogP contribution in [0.3, 0.4) is 0 Å². The van der Waals surface area contributed by atoms with E-state index >= 15 is 0 Å². The molecule has 3 heterocycles. The highest BCUT2D eigenvalue weighted by atomic mass is 16.2. The number of aryl methyl sites for hydroxylation is 1. The summed E-state index contributed by atoms with van der Waals surface area (Å²) in [4.78, 5) is 33.1. The van der Waals surface area contributed by atoms with Gasteiger partial charge in [0.05, 0.1) is 16.6 Å². The van der Waals surface area contributed by atoms with E-state index in [9.17, 15) is 9.59 Å². The molecule has 0 aliphatic heterocycles. The summed E-state index contributed by atoms with van der Waals surface area (Å²) < 4.78 is 2.71. The quantitative estimate of drug-likeness (QED) is 0.599. The Kier molecular flexibility index (Phi) is 3.31. The van der Waals surface area contributed by atoms with E-state index in [0.29, 0.717) is 28.2 Å². The summed E-state index contributed by atoms with van der Waals surface area (Å²) in [5, 5.41) is 4.74. The van der Waals surface area contributed by atoms with E-state index in [1.807, 2.05) is 30.3 Å². The number of nitrogens with one attached hydrogen (secondary N) is 1. The van der Waals surface area contributed by atoms with E-state index < -0.39 is 0 Å². The van der Waals surface area contributed by atoms with Crippen LogP contribution < -0.4 is 11.0 Å². The second-order valence-electron chi connectivity index (χ2n) is 5.62. The van der Waals surface area contributed by atoms with Gasteiger partial charge >= 0.3 is 0 Å². The molecule has 25 heavy (non-hydrogen) atoms. The maximum atomic E-state index is 13.0. The standard InChI is InChI=1S/C17H14N6O2/c1-10-18-17-19-13-8-9-22(21-11(2)24)16(25)14(13)15(23(17)20-10)12-6-4-3-5-7-12/h3-9H,1-2H3,(H,21,24). The molecule has 0 aliphatic carbocycles. The highest BCUT2D eigenvalue weighted by molar-refractivity contribution is 5.93. The molecule has 0 saturated carbocycles. The molecule has 0 saturated heterocycles. The van der Waals surface area contributed by atoms with Gasteiger partial charge in [-0.3, -0.25) is 15.0 Å². The Morgan fingerprint density at radius 3 is 2.60 bits per heavy atom. The Labute approximate surface area is 141 Å². The number of rotatable bonds is 2. The summed E-state index contributed by atoms with van der Waals surface area (Å²) in [5.74, 6) is 0.635. The lowest BCUT2D eigenvalue weighted by molar-refractivity contribution is -0.115. The van der Waals surface area contributed by atoms with Crippen molar-refractivity contribution in [3.8, 4) is 11.3 Å². The molecule has 124 valence electrons. The van der Waals surface area contributed by atoms with Gasteiger partial charge in [0.25, 0.3) is 11.3 Å². The molecule has 4 rings (SSSR count). The first-order valence-corrected chi connectivity index (χ1v) is 7.66. The lowest BCUT2D eigenvalue weighted by atomic mass is 10.1. The van der Waals surface area contributed by atoms with Crippen LogP contribution in [0, 0.1) is 6.92 Å². The lowest BCUT2D eigenvalue weighted by Crippen LogP contribution is -2.31. The van der Waals surface area contributed by atoms with Gasteiger partial charge in [0.15, 0.2) is 0 Å². The Balaban J connectivity index is 2.18. The zero-order valence-electron chi connectivity index (χ0n) is 13.6. The number of hydrogen-bond acceptors (Lipinski definition) is 5. The van der Waals surface area contributed by atoms with Crippen LogP contribution in [0.2, 0.25) is 0 Å². The fourth-order valence-corrected chi connectivity index (χ4v) is 2.80. The summed E-state index contributed by atoms with van der Waals surface area (Å²) in [6.07, 6.45) is 1.48. The summed E-state index contributed by atoms with van der Waals surface area (Å²) in [6.45, 7) is 3.11. The first-order valence-electron chi connectivity index (χ1n) is 7.66. The van der Waals surface area contributed by atoms with Gasteiger partial charge in [-0.25, -0.2) is 9.66 Å². The predicted molar refractivity (Wildman–Crippen MR) is 92.8 cm³/mol. The van der Waals surface area contributed by atoms with Crippen LogP contribution in [-0.4, -0.2) is 30.2 Å². The van der Waals surface area contributed by atoms with Gasteiger partial charge in [0.1, 0.15) is 5.82 Å². The molecule has 0 unspecified atom stereocenters. The number of pyridine rings is 1. The molecule has 0 radical (unpaired) electrons. The Morgan fingerprint density at radius 1 is 1.12 bits per heavy atom. The van der Waals surface area contributed by atoms with E-state index in [1.54, 1.807) is 17.5 Å². The average Bonchev–Trinajstić information content (AvgIpc) is 2.96. The van der Waals surface area contributed by atoms with Crippen LogP contribution in [0.1, 0.15) is 12.7 Å². The van der Waals surface area contributed by atoms with Crippen LogP contribution >= 0.6 is 0 Å². The number of carbonyl (C=O) groups excluding carboxylic acids is 1. The van der Waals surface area contributed by atoms with Gasteiger partial charge in [-0.15, -0.1) is 5.10 Å². The van der Waals surface area contributed by atoms with Gasteiger partial charge in [-0.05, 0) is 13.0 Å². The van der Waals surface area contributed by atoms with Crippen LogP contribution in [0.4, 0.5) is 0 Å². The van der Waals surface area contributed by atoms with Gasteiger partial charge in [0.2, 0.25) is 5.91 Å². The Bertz CT molecular complexity index is 1180. The van der Waals surface area contributed by atoms with Crippen molar-refractivity contribution in [1.82, 2.24) is 24.3 Å². The van der Waals surface area contributed by atoms with Gasteiger partial charge in [-0.1, -0.05) is 30.3 Å². The van der Waals surface area contributed by atoms with Gasteiger partial charge in [-0.2, -0.15) is 9.50 Å². The smallest absolute Gasteiger partial charge is 0.274 e. The molecule has 0 atom stereocenters. The summed E-state index contributed by atoms with van der Waals surface area (Å²) in [7, 11) is 0. The van der Waals surface area contributed by atoms with Crippen LogP contribution in [-0.2, 0) is 4.79 Å². The molecule has 0 aliphatic rings. The Hall–Kier alpha value is -3.55. The fraction of sp³-hybridized carbons (Fsp3) is 0.118.